The Morgan fingerprint density at radius 3 is 2.12 bits per heavy atom. The first-order valence-corrected chi connectivity index (χ1v) is 5.03. The largest absolute Gasteiger partial charge is 0.452 e. The van der Waals surface area contributed by atoms with Gasteiger partial charge in [0.25, 0.3) is 0 Å². The second-order valence-corrected chi connectivity index (χ2v) is 3.43. The maximum absolute atomic E-state index is 9.92. The van der Waals surface area contributed by atoms with E-state index in [2.05, 4.69) is 16.9 Å². The molecule has 2 nitrogen and oxygen atoms in total. The number of hydrogen-bond donors (Lipinski definition) is 0. The highest BCUT2D eigenvalue weighted by molar-refractivity contribution is 5.63. The maximum Gasteiger partial charge on any atom is 0.417 e. The van der Waals surface area contributed by atoms with Crippen LogP contribution in [0.5, 0.6) is 0 Å². The Hall–Kier alpha value is -2.09. The Labute approximate surface area is 94.5 Å². The van der Waals surface area contributed by atoms with Crippen molar-refractivity contribution in [3.05, 3.63) is 60.2 Å². The molecule has 0 spiro atoms. The van der Waals surface area contributed by atoms with Crippen molar-refractivity contribution in [3.63, 3.8) is 0 Å². The van der Waals surface area contributed by atoms with Crippen LogP contribution in [0, 0.1) is 0 Å². The first kappa shape index (κ1) is 10.4. The number of benzene rings is 2. The lowest BCUT2D eigenvalue weighted by Gasteiger charge is -2.03. The molecule has 0 fully saturated rings. The molecular formula is C14H11O2. The van der Waals surface area contributed by atoms with Crippen molar-refractivity contribution < 1.29 is 9.53 Å². The van der Waals surface area contributed by atoms with E-state index in [1.54, 1.807) is 0 Å². The van der Waals surface area contributed by atoms with Gasteiger partial charge in [-0.15, -0.1) is 0 Å². The van der Waals surface area contributed by atoms with Crippen molar-refractivity contribution >= 4 is 6.47 Å². The van der Waals surface area contributed by atoms with E-state index >= 15 is 0 Å². The fourth-order valence-electron chi connectivity index (χ4n) is 1.54. The summed E-state index contributed by atoms with van der Waals surface area (Å²) in [6, 6.07) is 18.0. The van der Waals surface area contributed by atoms with Gasteiger partial charge in [0.05, 0.1) is 0 Å². The molecule has 16 heavy (non-hydrogen) atoms. The summed E-state index contributed by atoms with van der Waals surface area (Å²) < 4.78 is 4.56. The summed E-state index contributed by atoms with van der Waals surface area (Å²) in [6.45, 7) is 1.69. The second kappa shape index (κ2) is 5.12. The van der Waals surface area contributed by atoms with Crippen LogP contribution in [0.4, 0.5) is 0 Å². The van der Waals surface area contributed by atoms with Gasteiger partial charge < -0.3 is 4.74 Å². The normalized spacial score (nSPS) is 9.75. The molecule has 0 aliphatic rings. The average molecular weight is 211 g/mol. The van der Waals surface area contributed by atoms with Crippen molar-refractivity contribution in [1.29, 1.82) is 0 Å². The fraction of sp³-hybridized carbons (Fsp3) is 0.0714. The molecule has 0 bridgehead atoms. The number of ether oxygens (including phenoxy) is 1. The quantitative estimate of drug-likeness (QED) is 0.777. The minimum Gasteiger partial charge on any atom is -0.452 e. The Morgan fingerprint density at radius 1 is 0.875 bits per heavy atom. The molecule has 0 aromatic heterocycles. The molecular weight excluding hydrogens is 200 g/mol. The second-order valence-electron chi connectivity index (χ2n) is 3.43. The van der Waals surface area contributed by atoms with Gasteiger partial charge in [-0.3, -0.25) is 0 Å². The molecule has 0 heterocycles. The van der Waals surface area contributed by atoms with Crippen molar-refractivity contribution in [2.24, 2.45) is 0 Å². The third-order valence-electron chi connectivity index (χ3n) is 2.36. The van der Waals surface area contributed by atoms with Gasteiger partial charge in [0.1, 0.15) is 6.61 Å². The molecule has 2 aromatic carbocycles. The number of carbonyl (C=O) groups excluding carboxylic acids is 1. The van der Waals surface area contributed by atoms with Gasteiger partial charge in [0.2, 0.25) is 0 Å². The van der Waals surface area contributed by atoms with Gasteiger partial charge >= 0.3 is 6.47 Å². The van der Waals surface area contributed by atoms with Crippen LogP contribution in [0.3, 0.4) is 0 Å². The van der Waals surface area contributed by atoms with Crippen LogP contribution >= 0.6 is 0 Å². The van der Waals surface area contributed by atoms with Crippen molar-refractivity contribution in [2.75, 3.05) is 0 Å². The molecule has 0 saturated heterocycles. The zero-order valence-electron chi connectivity index (χ0n) is 8.72. The highest BCUT2D eigenvalue weighted by Crippen LogP contribution is 2.19. The van der Waals surface area contributed by atoms with Crippen LogP contribution in [-0.2, 0) is 16.1 Å². The third-order valence-corrected chi connectivity index (χ3v) is 2.36. The number of rotatable bonds is 4. The molecule has 2 heteroatoms. The fourth-order valence-corrected chi connectivity index (χ4v) is 1.54. The van der Waals surface area contributed by atoms with Crippen LogP contribution in [0.15, 0.2) is 54.6 Å². The lowest BCUT2D eigenvalue weighted by Crippen LogP contribution is -1.89. The smallest absolute Gasteiger partial charge is 0.417 e. The monoisotopic (exact) mass is 211 g/mol. The van der Waals surface area contributed by atoms with Gasteiger partial charge in [0, 0.05) is 0 Å². The predicted octanol–water partition coefficient (Wildman–Crippen LogP) is 2.94. The Kier molecular flexibility index (Phi) is 3.34. The zero-order chi connectivity index (χ0) is 11.2. The van der Waals surface area contributed by atoms with E-state index in [9.17, 15) is 4.79 Å². The summed E-state index contributed by atoms with van der Waals surface area (Å²) in [5.74, 6) is 0. The van der Waals surface area contributed by atoms with Crippen LogP contribution in [-0.4, -0.2) is 6.47 Å². The zero-order valence-corrected chi connectivity index (χ0v) is 8.72. The predicted molar refractivity (Wildman–Crippen MR) is 62.4 cm³/mol. The van der Waals surface area contributed by atoms with E-state index in [4.69, 9.17) is 0 Å². The molecule has 2 rings (SSSR count). The Morgan fingerprint density at radius 2 is 1.50 bits per heavy atom. The van der Waals surface area contributed by atoms with Crippen LogP contribution in [0.2, 0.25) is 0 Å². The minimum atomic E-state index is 0.276. The minimum absolute atomic E-state index is 0.276. The van der Waals surface area contributed by atoms with Crippen LogP contribution in [0.1, 0.15) is 5.56 Å². The van der Waals surface area contributed by atoms with E-state index < -0.39 is 0 Å². The SMILES string of the molecule is O=[C]OCc1ccc(-c2ccccc2)cc1. The highest BCUT2D eigenvalue weighted by atomic mass is 16.5. The van der Waals surface area contributed by atoms with Crippen molar-refractivity contribution in [2.45, 2.75) is 6.61 Å². The lowest BCUT2D eigenvalue weighted by molar-refractivity contribution is 0.267. The van der Waals surface area contributed by atoms with Gasteiger partial charge in [-0.05, 0) is 16.7 Å². The molecule has 0 unspecified atom stereocenters. The Balaban J connectivity index is 2.16. The third kappa shape index (κ3) is 2.48. The molecule has 0 amide bonds. The molecule has 79 valence electrons. The van der Waals surface area contributed by atoms with E-state index in [1.807, 2.05) is 42.5 Å². The van der Waals surface area contributed by atoms with E-state index in [1.165, 1.54) is 12.0 Å². The Bertz CT molecular complexity index is 446. The summed E-state index contributed by atoms with van der Waals surface area (Å²) in [6.07, 6.45) is 0. The topological polar surface area (TPSA) is 26.3 Å². The van der Waals surface area contributed by atoms with Crippen LogP contribution in [0.25, 0.3) is 11.1 Å². The molecule has 2 aromatic rings. The summed E-state index contributed by atoms with van der Waals surface area (Å²) in [7, 11) is 0. The first-order chi connectivity index (χ1) is 7.90. The number of hydrogen-bond acceptors (Lipinski definition) is 2. The molecule has 0 saturated carbocycles. The molecule has 1 radical (unpaired) electrons. The highest BCUT2D eigenvalue weighted by Gasteiger charge is 1.97. The average Bonchev–Trinajstić information content (AvgIpc) is 2.38. The van der Waals surface area contributed by atoms with Gasteiger partial charge in [-0.25, -0.2) is 4.79 Å². The lowest BCUT2D eigenvalue weighted by atomic mass is 10.0. The molecule has 0 aliphatic carbocycles. The van der Waals surface area contributed by atoms with Crippen LogP contribution < -0.4 is 0 Å². The summed E-state index contributed by atoms with van der Waals surface area (Å²) in [5.41, 5.74) is 3.29. The van der Waals surface area contributed by atoms with Gasteiger partial charge in [0.15, 0.2) is 0 Å². The van der Waals surface area contributed by atoms with Crippen molar-refractivity contribution in [3.8, 4) is 11.1 Å². The van der Waals surface area contributed by atoms with E-state index in [-0.39, 0.29) is 6.61 Å². The van der Waals surface area contributed by atoms with E-state index in [0.717, 1.165) is 11.1 Å². The molecule has 0 atom stereocenters. The van der Waals surface area contributed by atoms with Gasteiger partial charge in [-0.2, -0.15) is 0 Å². The summed E-state index contributed by atoms with van der Waals surface area (Å²) >= 11 is 0. The van der Waals surface area contributed by atoms with Crippen molar-refractivity contribution in [1.82, 2.24) is 0 Å². The van der Waals surface area contributed by atoms with Gasteiger partial charge in [-0.1, -0.05) is 54.6 Å². The first-order valence-electron chi connectivity index (χ1n) is 5.03. The molecule has 0 aliphatic heterocycles. The standard InChI is InChI=1S/C14H11O2/c15-11-16-10-12-6-8-14(9-7-12)13-4-2-1-3-5-13/h1-9H,10H2. The maximum atomic E-state index is 9.92. The summed E-state index contributed by atoms with van der Waals surface area (Å²) in [4.78, 5) is 9.92. The molecule has 0 N–H and O–H groups in total. The van der Waals surface area contributed by atoms with E-state index in [0.29, 0.717) is 0 Å². The summed E-state index contributed by atoms with van der Waals surface area (Å²) in [5, 5.41) is 0.